The van der Waals surface area contributed by atoms with Crippen LogP contribution in [0, 0.1) is 6.92 Å². The van der Waals surface area contributed by atoms with E-state index in [0.29, 0.717) is 5.56 Å². The van der Waals surface area contributed by atoms with E-state index in [-0.39, 0.29) is 11.9 Å². The van der Waals surface area contributed by atoms with E-state index in [2.05, 4.69) is 25.4 Å². The van der Waals surface area contributed by atoms with Crippen molar-refractivity contribution in [1.29, 1.82) is 0 Å². The average Bonchev–Trinajstić information content (AvgIpc) is 2.69. The molecule has 0 atom stereocenters. The quantitative estimate of drug-likeness (QED) is 0.789. The summed E-state index contributed by atoms with van der Waals surface area (Å²) in [6.07, 6.45) is 5.27. The second-order valence-corrected chi connectivity index (χ2v) is 6.68. The molecule has 132 valence electrons. The molecule has 0 aliphatic carbocycles. The zero-order chi connectivity index (χ0) is 17.9. The normalized spacial score (nSPS) is 15.2. The summed E-state index contributed by atoms with van der Waals surface area (Å²) in [6, 6.07) is 11.7. The van der Waals surface area contributed by atoms with Crippen LogP contribution >= 0.6 is 0 Å². The molecule has 1 amide bonds. The van der Waals surface area contributed by atoms with Crippen molar-refractivity contribution < 1.29 is 4.79 Å². The number of benzene rings is 1. The maximum Gasteiger partial charge on any atom is 0.251 e. The molecule has 4 rings (SSSR count). The lowest BCUT2D eigenvalue weighted by molar-refractivity contribution is 0.0931. The number of hydrogen-bond acceptors (Lipinski definition) is 5. The standard InChI is InChI=1S/C20H21N5O/c1-14-6-10-21-18-5-4-15(13-17(14)18)20(26)23-16-7-11-25(12-8-16)19-3-2-9-22-24-19/h2-6,9-10,13,16H,7-8,11-12H2,1H3,(H,23,26). The minimum Gasteiger partial charge on any atom is -0.355 e. The highest BCUT2D eigenvalue weighted by Crippen LogP contribution is 2.19. The summed E-state index contributed by atoms with van der Waals surface area (Å²) in [7, 11) is 0. The summed E-state index contributed by atoms with van der Waals surface area (Å²) in [6.45, 7) is 3.77. The Bertz CT molecular complexity index is 920. The molecule has 6 nitrogen and oxygen atoms in total. The Balaban J connectivity index is 1.41. The van der Waals surface area contributed by atoms with Gasteiger partial charge >= 0.3 is 0 Å². The van der Waals surface area contributed by atoms with Crippen molar-refractivity contribution in [2.45, 2.75) is 25.8 Å². The summed E-state index contributed by atoms with van der Waals surface area (Å²) >= 11 is 0. The van der Waals surface area contributed by atoms with Crippen molar-refractivity contribution in [3.63, 3.8) is 0 Å². The fourth-order valence-corrected chi connectivity index (χ4v) is 3.41. The molecule has 1 saturated heterocycles. The maximum atomic E-state index is 12.7. The van der Waals surface area contributed by atoms with E-state index in [1.807, 2.05) is 43.3 Å². The summed E-state index contributed by atoms with van der Waals surface area (Å²) in [4.78, 5) is 19.2. The zero-order valence-electron chi connectivity index (χ0n) is 14.7. The van der Waals surface area contributed by atoms with Gasteiger partial charge < -0.3 is 10.2 Å². The molecule has 0 unspecified atom stereocenters. The Hall–Kier alpha value is -3.02. The van der Waals surface area contributed by atoms with Crippen molar-refractivity contribution in [2.75, 3.05) is 18.0 Å². The number of nitrogens with zero attached hydrogens (tertiary/aromatic N) is 4. The van der Waals surface area contributed by atoms with Gasteiger partial charge in [-0.1, -0.05) is 0 Å². The average molecular weight is 347 g/mol. The molecule has 1 aromatic carbocycles. The predicted octanol–water partition coefficient (Wildman–Crippen LogP) is 2.73. The van der Waals surface area contributed by atoms with Gasteiger partial charge in [-0.2, -0.15) is 5.10 Å². The van der Waals surface area contributed by atoms with Crippen LogP contribution in [0.3, 0.4) is 0 Å². The van der Waals surface area contributed by atoms with Gasteiger partial charge in [0.15, 0.2) is 5.82 Å². The van der Waals surface area contributed by atoms with Crippen LogP contribution in [-0.2, 0) is 0 Å². The smallest absolute Gasteiger partial charge is 0.251 e. The molecule has 0 saturated carbocycles. The number of piperidine rings is 1. The Morgan fingerprint density at radius 2 is 2.00 bits per heavy atom. The van der Waals surface area contributed by atoms with Gasteiger partial charge in [-0.25, -0.2) is 0 Å². The molecule has 1 N–H and O–H groups in total. The Morgan fingerprint density at radius 3 is 2.77 bits per heavy atom. The lowest BCUT2D eigenvalue weighted by Gasteiger charge is -2.32. The highest BCUT2D eigenvalue weighted by Gasteiger charge is 2.22. The molecule has 6 heteroatoms. The van der Waals surface area contributed by atoms with Crippen LogP contribution in [0.1, 0.15) is 28.8 Å². The largest absolute Gasteiger partial charge is 0.355 e. The molecular weight excluding hydrogens is 326 g/mol. The second-order valence-electron chi connectivity index (χ2n) is 6.68. The van der Waals surface area contributed by atoms with Crippen LogP contribution in [0.2, 0.25) is 0 Å². The predicted molar refractivity (Wildman–Crippen MR) is 101 cm³/mol. The van der Waals surface area contributed by atoms with Crippen LogP contribution in [-0.4, -0.2) is 40.2 Å². The summed E-state index contributed by atoms with van der Waals surface area (Å²) in [5, 5.41) is 12.3. The molecule has 0 bridgehead atoms. The van der Waals surface area contributed by atoms with Crippen molar-refractivity contribution >= 4 is 22.6 Å². The van der Waals surface area contributed by atoms with Gasteiger partial charge in [0, 0.05) is 42.5 Å². The van der Waals surface area contributed by atoms with Crippen molar-refractivity contribution in [2.24, 2.45) is 0 Å². The van der Waals surface area contributed by atoms with E-state index in [0.717, 1.165) is 48.2 Å². The van der Waals surface area contributed by atoms with E-state index < -0.39 is 0 Å². The number of rotatable bonds is 3. The molecule has 1 aliphatic rings. The van der Waals surface area contributed by atoms with Crippen LogP contribution in [0.25, 0.3) is 10.9 Å². The molecule has 0 radical (unpaired) electrons. The number of nitrogens with one attached hydrogen (secondary N) is 1. The highest BCUT2D eigenvalue weighted by atomic mass is 16.1. The lowest BCUT2D eigenvalue weighted by Crippen LogP contribution is -2.45. The van der Waals surface area contributed by atoms with Crippen LogP contribution in [0.5, 0.6) is 0 Å². The number of anilines is 1. The van der Waals surface area contributed by atoms with Gasteiger partial charge in [0.05, 0.1) is 5.52 Å². The van der Waals surface area contributed by atoms with Gasteiger partial charge in [0.2, 0.25) is 0 Å². The van der Waals surface area contributed by atoms with Gasteiger partial charge in [0.1, 0.15) is 0 Å². The third kappa shape index (κ3) is 3.35. The van der Waals surface area contributed by atoms with E-state index in [4.69, 9.17) is 0 Å². The lowest BCUT2D eigenvalue weighted by atomic mass is 10.0. The Kier molecular flexibility index (Phi) is 4.48. The zero-order valence-corrected chi connectivity index (χ0v) is 14.7. The maximum absolute atomic E-state index is 12.7. The summed E-state index contributed by atoms with van der Waals surface area (Å²) in [5.74, 6) is 0.878. The Labute approximate surface area is 152 Å². The van der Waals surface area contributed by atoms with Gasteiger partial charge in [-0.15, -0.1) is 5.10 Å². The first-order chi connectivity index (χ1) is 12.7. The van der Waals surface area contributed by atoms with Crippen LogP contribution < -0.4 is 10.2 Å². The van der Waals surface area contributed by atoms with E-state index in [1.54, 1.807) is 12.4 Å². The second kappa shape index (κ2) is 7.07. The minimum atomic E-state index is -0.0203. The number of hydrogen-bond donors (Lipinski definition) is 1. The van der Waals surface area contributed by atoms with E-state index in [1.165, 1.54) is 0 Å². The molecule has 3 aromatic rings. The third-order valence-corrected chi connectivity index (χ3v) is 4.93. The molecule has 2 aromatic heterocycles. The number of fused-ring (bicyclic) bond motifs is 1. The van der Waals surface area contributed by atoms with E-state index >= 15 is 0 Å². The fraction of sp³-hybridized carbons (Fsp3) is 0.300. The Morgan fingerprint density at radius 1 is 1.15 bits per heavy atom. The summed E-state index contributed by atoms with van der Waals surface area (Å²) < 4.78 is 0. The first-order valence-electron chi connectivity index (χ1n) is 8.89. The highest BCUT2D eigenvalue weighted by molar-refractivity contribution is 5.98. The van der Waals surface area contributed by atoms with Gasteiger partial charge in [-0.3, -0.25) is 9.78 Å². The van der Waals surface area contributed by atoms with Crippen molar-refractivity contribution in [3.05, 3.63) is 59.9 Å². The first kappa shape index (κ1) is 16.4. The molecule has 1 fully saturated rings. The molecule has 1 aliphatic heterocycles. The minimum absolute atomic E-state index is 0.0203. The van der Waals surface area contributed by atoms with Gasteiger partial charge in [0.25, 0.3) is 5.91 Å². The number of carbonyl (C=O) groups excluding carboxylic acids is 1. The van der Waals surface area contributed by atoms with Gasteiger partial charge in [-0.05, 0) is 61.7 Å². The molecule has 0 spiro atoms. The first-order valence-corrected chi connectivity index (χ1v) is 8.89. The number of pyridine rings is 1. The van der Waals surface area contributed by atoms with Crippen molar-refractivity contribution in [3.8, 4) is 0 Å². The summed E-state index contributed by atoms with van der Waals surface area (Å²) in [5.41, 5.74) is 2.73. The molecular formula is C20H21N5O. The third-order valence-electron chi connectivity index (χ3n) is 4.93. The van der Waals surface area contributed by atoms with Crippen molar-refractivity contribution in [1.82, 2.24) is 20.5 Å². The number of amides is 1. The number of aryl methyl sites for hydroxylation is 1. The topological polar surface area (TPSA) is 71.0 Å². The van der Waals surface area contributed by atoms with Crippen LogP contribution in [0.4, 0.5) is 5.82 Å². The molecule has 26 heavy (non-hydrogen) atoms. The SMILES string of the molecule is Cc1ccnc2ccc(C(=O)NC3CCN(c4cccnn4)CC3)cc12. The molecule has 3 heterocycles. The number of carbonyl (C=O) groups is 1. The van der Waals surface area contributed by atoms with Crippen LogP contribution in [0.15, 0.2) is 48.8 Å². The monoisotopic (exact) mass is 347 g/mol. The van der Waals surface area contributed by atoms with E-state index in [9.17, 15) is 4.79 Å². The number of aromatic nitrogens is 3. The fourth-order valence-electron chi connectivity index (χ4n) is 3.41.